The Morgan fingerprint density at radius 1 is 1.40 bits per heavy atom. The van der Waals surface area contributed by atoms with E-state index in [0.717, 1.165) is 43.2 Å². The molecule has 2 rings (SSSR count). The molecule has 1 aromatic rings. The van der Waals surface area contributed by atoms with E-state index in [1.165, 1.54) is 11.8 Å². The Kier molecular flexibility index (Phi) is 7.19. The summed E-state index contributed by atoms with van der Waals surface area (Å²) in [5, 5.41) is 16.9. The third kappa shape index (κ3) is 4.92. The number of nitrogens with two attached hydrogens (primary N) is 1. The van der Waals surface area contributed by atoms with Crippen LogP contribution < -0.4 is 21.1 Å². The van der Waals surface area contributed by atoms with Gasteiger partial charge in [0.1, 0.15) is 18.0 Å². The highest BCUT2D eigenvalue weighted by Crippen LogP contribution is 2.21. The summed E-state index contributed by atoms with van der Waals surface area (Å²) in [5.41, 5.74) is 8.30. The molecule has 7 heteroatoms. The summed E-state index contributed by atoms with van der Waals surface area (Å²) in [6.45, 7) is 7.57. The van der Waals surface area contributed by atoms with E-state index in [1.54, 1.807) is 7.11 Å². The third-order valence-corrected chi connectivity index (χ3v) is 4.81. The zero-order valence-corrected chi connectivity index (χ0v) is 15.5. The van der Waals surface area contributed by atoms with Gasteiger partial charge in [-0.25, -0.2) is 0 Å². The Labute approximate surface area is 153 Å². The molecular formula is C18H25N5OS. The lowest BCUT2D eigenvalue weighted by Gasteiger charge is -2.36. The predicted molar refractivity (Wildman–Crippen MR) is 104 cm³/mol. The van der Waals surface area contributed by atoms with Gasteiger partial charge in [0, 0.05) is 31.9 Å². The van der Waals surface area contributed by atoms with Crippen LogP contribution in [-0.4, -0.2) is 50.6 Å². The van der Waals surface area contributed by atoms with E-state index >= 15 is 0 Å². The second-order valence-corrected chi connectivity index (χ2v) is 6.48. The summed E-state index contributed by atoms with van der Waals surface area (Å²) in [6.07, 6.45) is 1.58. The lowest BCUT2D eigenvalue weighted by Crippen LogP contribution is -2.54. The van der Waals surface area contributed by atoms with Crippen molar-refractivity contribution in [3.05, 3.63) is 47.0 Å². The summed E-state index contributed by atoms with van der Waals surface area (Å²) >= 11 is 1.38. The Hall–Kier alpha value is -2.14. The van der Waals surface area contributed by atoms with Crippen molar-refractivity contribution in [3.8, 4) is 11.8 Å². The smallest absolute Gasteiger partial charge is 0.119 e. The molecule has 0 aliphatic carbocycles. The van der Waals surface area contributed by atoms with Crippen molar-refractivity contribution in [2.45, 2.75) is 6.17 Å². The second kappa shape index (κ2) is 9.37. The van der Waals surface area contributed by atoms with Crippen LogP contribution in [0.15, 0.2) is 41.4 Å². The first kappa shape index (κ1) is 19.2. The Morgan fingerprint density at radius 2 is 2.04 bits per heavy atom. The van der Waals surface area contributed by atoms with Crippen LogP contribution in [0.25, 0.3) is 5.70 Å². The highest BCUT2D eigenvalue weighted by molar-refractivity contribution is 8.02. The zero-order valence-electron chi connectivity index (χ0n) is 14.7. The summed E-state index contributed by atoms with van der Waals surface area (Å²) in [5.74, 6) is 0.791. The normalized spacial score (nSPS) is 17.2. The number of thioether (sulfide) groups is 1. The van der Waals surface area contributed by atoms with E-state index < -0.39 is 0 Å². The Balaban J connectivity index is 2.25. The van der Waals surface area contributed by atoms with Crippen LogP contribution in [0.1, 0.15) is 5.56 Å². The molecule has 0 aromatic heterocycles. The summed E-state index contributed by atoms with van der Waals surface area (Å²) < 4.78 is 5.19. The van der Waals surface area contributed by atoms with E-state index in [-0.39, 0.29) is 6.17 Å². The molecule has 4 N–H and O–H groups in total. The number of hydrogen-bond donors (Lipinski definition) is 3. The first-order valence-corrected chi connectivity index (χ1v) is 9.31. The highest BCUT2D eigenvalue weighted by Gasteiger charge is 2.26. The average Bonchev–Trinajstić information content (AvgIpc) is 2.68. The molecule has 0 amide bonds. The Morgan fingerprint density at radius 3 is 2.56 bits per heavy atom. The van der Waals surface area contributed by atoms with Crippen LogP contribution in [0.4, 0.5) is 0 Å². The highest BCUT2D eigenvalue weighted by atomic mass is 32.2. The van der Waals surface area contributed by atoms with Crippen LogP contribution in [0, 0.1) is 11.3 Å². The van der Waals surface area contributed by atoms with Gasteiger partial charge in [0.25, 0.3) is 0 Å². The zero-order chi connectivity index (χ0) is 18.2. The van der Waals surface area contributed by atoms with Crippen LogP contribution in [0.5, 0.6) is 5.75 Å². The first-order chi connectivity index (χ1) is 12.1. The second-order valence-electron chi connectivity index (χ2n) is 5.63. The molecule has 1 aromatic carbocycles. The van der Waals surface area contributed by atoms with Gasteiger partial charge < -0.3 is 21.1 Å². The summed E-state index contributed by atoms with van der Waals surface area (Å²) in [6, 6.07) is 9.93. The molecule has 1 aliphatic rings. The number of hydrogen-bond acceptors (Lipinski definition) is 7. The minimum Gasteiger partial charge on any atom is -0.497 e. The van der Waals surface area contributed by atoms with Crippen molar-refractivity contribution in [1.82, 2.24) is 15.5 Å². The molecule has 0 radical (unpaired) electrons. The lowest BCUT2D eigenvalue weighted by molar-refractivity contribution is 0.185. The van der Waals surface area contributed by atoms with Crippen molar-refractivity contribution in [3.63, 3.8) is 0 Å². The maximum Gasteiger partial charge on any atom is 0.119 e. The number of piperazine rings is 1. The lowest BCUT2D eigenvalue weighted by atomic mass is 10.1. The maximum atomic E-state index is 9.65. The van der Waals surface area contributed by atoms with Crippen LogP contribution in [0.2, 0.25) is 0 Å². The number of ether oxygens (including phenoxy) is 1. The number of nitrogens with zero attached hydrogens (tertiary/aromatic N) is 2. The van der Waals surface area contributed by atoms with Crippen LogP contribution >= 0.6 is 11.8 Å². The molecule has 1 fully saturated rings. The van der Waals surface area contributed by atoms with E-state index in [4.69, 9.17) is 10.5 Å². The molecule has 1 unspecified atom stereocenters. The quantitative estimate of drug-likeness (QED) is 0.637. The maximum absolute atomic E-state index is 9.65. The van der Waals surface area contributed by atoms with E-state index in [2.05, 4.69) is 28.2 Å². The van der Waals surface area contributed by atoms with Gasteiger partial charge in [-0.2, -0.15) is 5.26 Å². The number of nitrogens with one attached hydrogen (secondary N) is 2. The van der Waals surface area contributed by atoms with Crippen LogP contribution in [-0.2, 0) is 0 Å². The molecule has 1 heterocycles. The van der Waals surface area contributed by atoms with Gasteiger partial charge >= 0.3 is 0 Å². The Bertz CT molecular complexity index is 659. The fourth-order valence-corrected chi connectivity index (χ4v) is 3.07. The van der Waals surface area contributed by atoms with Crippen LogP contribution in [0.3, 0.4) is 0 Å². The van der Waals surface area contributed by atoms with Gasteiger partial charge in [0.05, 0.1) is 17.7 Å². The van der Waals surface area contributed by atoms with Gasteiger partial charge in [0.15, 0.2) is 0 Å². The first-order valence-electron chi connectivity index (χ1n) is 8.09. The third-order valence-electron chi connectivity index (χ3n) is 4.15. The molecule has 134 valence electrons. The van der Waals surface area contributed by atoms with Gasteiger partial charge in [0.2, 0.25) is 0 Å². The average molecular weight is 359 g/mol. The molecule has 1 saturated heterocycles. The molecule has 0 saturated carbocycles. The van der Waals surface area contributed by atoms with Gasteiger partial charge in [-0.05, 0) is 36.1 Å². The molecule has 1 aliphatic heterocycles. The molecular weight excluding hydrogens is 334 g/mol. The number of nitriles is 1. The van der Waals surface area contributed by atoms with E-state index in [0.29, 0.717) is 10.6 Å². The minimum atomic E-state index is -0.297. The molecule has 0 bridgehead atoms. The summed E-state index contributed by atoms with van der Waals surface area (Å²) in [7, 11) is 1.64. The largest absolute Gasteiger partial charge is 0.497 e. The number of methoxy groups -OCH3 is 1. The number of benzene rings is 1. The monoisotopic (exact) mass is 359 g/mol. The van der Waals surface area contributed by atoms with Gasteiger partial charge in [-0.1, -0.05) is 6.58 Å². The number of rotatable bonds is 7. The van der Waals surface area contributed by atoms with Gasteiger partial charge in [-0.15, -0.1) is 11.8 Å². The predicted octanol–water partition coefficient (Wildman–Crippen LogP) is 1.54. The summed E-state index contributed by atoms with van der Waals surface area (Å²) in [4.78, 5) is 2.22. The standard InChI is InChI=1S/C18H25N5OS/c1-13(14-4-6-15(24-2)7-5-14)22-18(16(12-19)17(20)25-3)23-10-8-21-9-11-23/h4-7,18,21-22H,1,8-11,20H2,2-3H3/b17-16+. The fourth-order valence-electron chi connectivity index (χ4n) is 2.69. The minimum absolute atomic E-state index is 0.297. The SMILES string of the molecule is C=C(NC(/C(C#N)=C(\N)SC)N1CCNCC1)c1ccc(OC)cc1. The molecule has 1 atom stereocenters. The topological polar surface area (TPSA) is 86.3 Å². The van der Waals surface area contributed by atoms with Crippen molar-refractivity contribution in [2.75, 3.05) is 39.5 Å². The van der Waals surface area contributed by atoms with Crippen molar-refractivity contribution < 1.29 is 4.74 Å². The molecule has 0 spiro atoms. The van der Waals surface area contributed by atoms with Crippen molar-refractivity contribution in [2.24, 2.45) is 5.73 Å². The van der Waals surface area contributed by atoms with E-state index in [9.17, 15) is 5.26 Å². The molecule has 6 nitrogen and oxygen atoms in total. The van der Waals surface area contributed by atoms with Crippen molar-refractivity contribution in [1.29, 1.82) is 5.26 Å². The van der Waals surface area contributed by atoms with Gasteiger partial charge in [-0.3, -0.25) is 4.90 Å². The molecule has 25 heavy (non-hydrogen) atoms. The van der Waals surface area contributed by atoms with E-state index in [1.807, 2.05) is 30.5 Å². The fraction of sp³-hybridized carbons (Fsp3) is 0.389. The van der Waals surface area contributed by atoms with Crippen molar-refractivity contribution >= 4 is 17.5 Å².